The minimum absolute atomic E-state index is 0.760. The van der Waals surface area contributed by atoms with Crippen LogP contribution in [0.25, 0.3) is 0 Å². The minimum atomic E-state index is -2.32. The molecule has 15 heavy (non-hydrogen) atoms. The summed E-state index contributed by atoms with van der Waals surface area (Å²) in [6.45, 7) is 5.83. The molecule has 0 bridgehead atoms. The SMILES string of the molecule is CCCCO[Si](NC)(NC)OCCCC. The van der Waals surface area contributed by atoms with Crippen LogP contribution in [-0.4, -0.2) is 36.2 Å². The molecule has 0 amide bonds. The van der Waals surface area contributed by atoms with E-state index in [1.54, 1.807) is 0 Å². The van der Waals surface area contributed by atoms with Crippen molar-refractivity contribution in [1.29, 1.82) is 0 Å². The standard InChI is InChI=1S/C10H26N2O2Si/c1-5-7-9-13-15(11-3,12-4)14-10-8-6-2/h11-12H,5-10H2,1-4H3. The molecule has 0 spiro atoms. The predicted octanol–water partition coefficient (Wildman–Crippen LogP) is 1.49. The van der Waals surface area contributed by atoms with Crippen LogP contribution in [-0.2, 0) is 8.85 Å². The van der Waals surface area contributed by atoms with Gasteiger partial charge in [-0.1, -0.05) is 26.7 Å². The van der Waals surface area contributed by atoms with Crippen molar-refractivity contribution in [3.8, 4) is 0 Å². The van der Waals surface area contributed by atoms with Gasteiger partial charge in [0.1, 0.15) is 0 Å². The van der Waals surface area contributed by atoms with Gasteiger partial charge in [0.25, 0.3) is 0 Å². The lowest BCUT2D eigenvalue weighted by molar-refractivity contribution is 0.146. The van der Waals surface area contributed by atoms with E-state index in [1.165, 1.54) is 0 Å². The zero-order chi connectivity index (χ0) is 11.6. The second-order valence-electron chi connectivity index (χ2n) is 3.52. The van der Waals surface area contributed by atoms with E-state index in [0.717, 1.165) is 38.9 Å². The fourth-order valence-corrected chi connectivity index (χ4v) is 2.95. The van der Waals surface area contributed by atoms with E-state index >= 15 is 0 Å². The highest BCUT2D eigenvalue weighted by atomic mass is 28.4. The molecule has 0 heterocycles. The third-order valence-corrected chi connectivity index (χ3v) is 4.80. The summed E-state index contributed by atoms with van der Waals surface area (Å²) in [5.41, 5.74) is 0. The average Bonchev–Trinajstić information content (AvgIpc) is 2.28. The molecule has 0 aliphatic carbocycles. The summed E-state index contributed by atoms with van der Waals surface area (Å²) in [4.78, 5) is 6.33. The molecule has 0 aromatic rings. The van der Waals surface area contributed by atoms with Crippen molar-refractivity contribution >= 4 is 8.88 Å². The lowest BCUT2D eigenvalue weighted by Crippen LogP contribution is -2.65. The number of unbranched alkanes of at least 4 members (excludes halogenated alkanes) is 2. The number of rotatable bonds is 10. The van der Waals surface area contributed by atoms with Crippen molar-refractivity contribution in [2.45, 2.75) is 39.5 Å². The van der Waals surface area contributed by atoms with Crippen LogP contribution >= 0.6 is 0 Å². The molecule has 5 heteroatoms. The summed E-state index contributed by atoms with van der Waals surface area (Å²) in [5.74, 6) is 0. The first kappa shape index (κ1) is 15.1. The minimum Gasteiger partial charge on any atom is -0.371 e. The van der Waals surface area contributed by atoms with Gasteiger partial charge in [0.2, 0.25) is 0 Å². The number of hydrogen-bond acceptors (Lipinski definition) is 4. The zero-order valence-electron chi connectivity index (χ0n) is 10.6. The largest absolute Gasteiger partial charge is 0.516 e. The van der Waals surface area contributed by atoms with E-state index in [4.69, 9.17) is 8.85 Å². The molecule has 0 saturated heterocycles. The molecule has 0 rings (SSSR count). The van der Waals surface area contributed by atoms with Crippen molar-refractivity contribution in [3.05, 3.63) is 0 Å². The van der Waals surface area contributed by atoms with Gasteiger partial charge in [0.05, 0.1) is 0 Å². The fraction of sp³-hybridized carbons (Fsp3) is 1.00. The summed E-state index contributed by atoms with van der Waals surface area (Å²) >= 11 is 0. The molecule has 0 fully saturated rings. The van der Waals surface area contributed by atoms with Crippen LogP contribution in [0.3, 0.4) is 0 Å². The van der Waals surface area contributed by atoms with E-state index < -0.39 is 8.88 Å². The van der Waals surface area contributed by atoms with Crippen LogP contribution in [0.4, 0.5) is 0 Å². The van der Waals surface area contributed by atoms with Crippen molar-refractivity contribution < 1.29 is 8.85 Å². The average molecular weight is 234 g/mol. The van der Waals surface area contributed by atoms with Gasteiger partial charge in [-0.25, -0.2) is 0 Å². The van der Waals surface area contributed by atoms with E-state index in [0.29, 0.717) is 0 Å². The predicted molar refractivity (Wildman–Crippen MR) is 65.6 cm³/mol. The Bertz CT molecular complexity index is 131. The molecular formula is C10H26N2O2Si. The maximum Gasteiger partial charge on any atom is 0.516 e. The molecule has 0 aromatic carbocycles. The Balaban J connectivity index is 3.93. The van der Waals surface area contributed by atoms with Gasteiger partial charge in [0, 0.05) is 13.2 Å². The van der Waals surface area contributed by atoms with Crippen LogP contribution < -0.4 is 9.96 Å². The first-order valence-corrected chi connectivity index (χ1v) is 7.72. The fourth-order valence-electron chi connectivity index (χ4n) is 1.18. The zero-order valence-corrected chi connectivity index (χ0v) is 11.6. The molecule has 0 aliphatic rings. The maximum absolute atomic E-state index is 5.81. The van der Waals surface area contributed by atoms with Crippen molar-refractivity contribution in [2.75, 3.05) is 27.3 Å². The molecule has 0 saturated carbocycles. The normalized spacial score (nSPS) is 12.0. The van der Waals surface area contributed by atoms with Crippen LogP contribution in [0.1, 0.15) is 39.5 Å². The summed E-state index contributed by atoms with van der Waals surface area (Å²) in [7, 11) is 1.46. The Labute approximate surface area is 95.1 Å². The Morgan fingerprint density at radius 3 is 1.53 bits per heavy atom. The first-order chi connectivity index (χ1) is 7.24. The van der Waals surface area contributed by atoms with E-state index in [-0.39, 0.29) is 0 Å². The van der Waals surface area contributed by atoms with E-state index in [2.05, 4.69) is 23.8 Å². The van der Waals surface area contributed by atoms with Crippen LogP contribution in [0.5, 0.6) is 0 Å². The lowest BCUT2D eigenvalue weighted by atomic mass is 10.4. The third-order valence-electron chi connectivity index (χ3n) is 2.26. The van der Waals surface area contributed by atoms with Gasteiger partial charge in [0.15, 0.2) is 0 Å². The Morgan fingerprint density at radius 1 is 0.867 bits per heavy atom. The van der Waals surface area contributed by atoms with Gasteiger partial charge in [-0.2, -0.15) is 0 Å². The molecule has 0 aromatic heterocycles. The first-order valence-electron chi connectivity index (χ1n) is 5.90. The molecule has 4 nitrogen and oxygen atoms in total. The van der Waals surface area contributed by atoms with Crippen molar-refractivity contribution in [2.24, 2.45) is 0 Å². The van der Waals surface area contributed by atoms with Gasteiger partial charge in [-0.15, -0.1) is 0 Å². The monoisotopic (exact) mass is 234 g/mol. The Hall–Kier alpha value is 0.0569. The number of hydrogen-bond donors (Lipinski definition) is 2. The third kappa shape index (κ3) is 6.27. The molecule has 0 atom stereocenters. The van der Waals surface area contributed by atoms with E-state index in [9.17, 15) is 0 Å². The summed E-state index contributed by atoms with van der Waals surface area (Å²) in [6, 6.07) is 0. The van der Waals surface area contributed by atoms with Crippen LogP contribution in [0.15, 0.2) is 0 Å². The van der Waals surface area contributed by atoms with Crippen LogP contribution in [0, 0.1) is 0 Å². The highest BCUT2D eigenvalue weighted by Gasteiger charge is 2.35. The molecule has 92 valence electrons. The molecular weight excluding hydrogens is 208 g/mol. The molecule has 0 unspecified atom stereocenters. The Kier molecular flexibility index (Phi) is 9.33. The van der Waals surface area contributed by atoms with Crippen LogP contribution in [0.2, 0.25) is 0 Å². The van der Waals surface area contributed by atoms with E-state index in [1.807, 2.05) is 14.1 Å². The quantitative estimate of drug-likeness (QED) is 0.444. The second kappa shape index (κ2) is 9.29. The molecule has 2 N–H and O–H groups in total. The van der Waals surface area contributed by atoms with Gasteiger partial charge in [-0.05, 0) is 26.9 Å². The highest BCUT2D eigenvalue weighted by molar-refractivity contribution is 6.61. The lowest BCUT2D eigenvalue weighted by Gasteiger charge is -2.28. The molecule has 0 aliphatic heterocycles. The topological polar surface area (TPSA) is 42.5 Å². The highest BCUT2D eigenvalue weighted by Crippen LogP contribution is 2.02. The summed E-state index contributed by atoms with van der Waals surface area (Å²) < 4.78 is 11.6. The van der Waals surface area contributed by atoms with Gasteiger partial charge in [-0.3, -0.25) is 9.96 Å². The summed E-state index contributed by atoms with van der Waals surface area (Å²) in [5, 5.41) is 0. The van der Waals surface area contributed by atoms with Crippen molar-refractivity contribution in [1.82, 2.24) is 9.96 Å². The number of nitrogens with one attached hydrogen (secondary N) is 2. The second-order valence-corrected chi connectivity index (χ2v) is 6.33. The van der Waals surface area contributed by atoms with Gasteiger partial charge >= 0.3 is 8.88 Å². The van der Waals surface area contributed by atoms with Gasteiger partial charge < -0.3 is 8.85 Å². The summed E-state index contributed by atoms with van der Waals surface area (Å²) in [6.07, 6.45) is 4.45. The Morgan fingerprint density at radius 2 is 1.27 bits per heavy atom. The van der Waals surface area contributed by atoms with Crippen molar-refractivity contribution in [3.63, 3.8) is 0 Å². The maximum atomic E-state index is 5.81. The molecule has 0 radical (unpaired) electrons. The smallest absolute Gasteiger partial charge is 0.371 e.